The van der Waals surface area contributed by atoms with E-state index in [1.54, 1.807) is 24.0 Å². The molecule has 2 amide bonds. The first-order valence-corrected chi connectivity index (χ1v) is 8.83. The molecule has 0 fully saturated rings. The molecule has 1 N–H and O–H groups in total. The number of nitrogens with one attached hydrogen (secondary N) is 1. The van der Waals surface area contributed by atoms with Crippen molar-refractivity contribution >= 4 is 23.7 Å². The Balaban J connectivity index is 1.98. The standard InChI is InChI=1S/C20H25N3O3/c1-3-4-8-13-23(15-19(24)21-18-14-16(2)26-22-18)20(25)12-11-17-9-6-5-7-10-17/h5-7,9-12,14H,3-4,8,13,15H2,1-2H3,(H,21,22,24)/b12-11+. The van der Waals surface area contributed by atoms with Crippen molar-refractivity contribution in [3.63, 3.8) is 0 Å². The van der Waals surface area contributed by atoms with Crippen molar-refractivity contribution in [1.29, 1.82) is 0 Å². The first-order chi connectivity index (χ1) is 12.6. The van der Waals surface area contributed by atoms with E-state index in [0.29, 0.717) is 18.1 Å². The van der Waals surface area contributed by atoms with Gasteiger partial charge < -0.3 is 14.7 Å². The Morgan fingerprint density at radius 2 is 2.00 bits per heavy atom. The number of aryl methyl sites for hydroxylation is 1. The molecule has 0 bridgehead atoms. The maximum atomic E-state index is 12.5. The van der Waals surface area contributed by atoms with Crippen LogP contribution < -0.4 is 5.32 Å². The number of anilines is 1. The van der Waals surface area contributed by atoms with Crippen LogP contribution in [0.3, 0.4) is 0 Å². The average Bonchev–Trinajstić information content (AvgIpc) is 3.04. The lowest BCUT2D eigenvalue weighted by atomic mass is 10.2. The summed E-state index contributed by atoms with van der Waals surface area (Å²) in [5, 5.41) is 6.39. The highest BCUT2D eigenvalue weighted by Crippen LogP contribution is 2.08. The summed E-state index contributed by atoms with van der Waals surface area (Å²) in [7, 11) is 0. The molecule has 1 aromatic heterocycles. The van der Waals surface area contributed by atoms with E-state index in [1.165, 1.54) is 6.08 Å². The summed E-state index contributed by atoms with van der Waals surface area (Å²) in [5.41, 5.74) is 0.942. The van der Waals surface area contributed by atoms with Crippen LogP contribution in [0.15, 0.2) is 47.0 Å². The second-order valence-corrected chi connectivity index (χ2v) is 6.08. The van der Waals surface area contributed by atoms with E-state index in [0.717, 1.165) is 24.8 Å². The topological polar surface area (TPSA) is 75.4 Å². The van der Waals surface area contributed by atoms with Crippen molar-refractivity contribution in [1.82, 2.24) is 10.1 Å². The fourth-order valence-corrected chi connectivity index (χ4v) is 2.44. The van der Waals surface area contributed by atoms with Crippen LogP contribution in [0.1, 0.15) is 37.5 Å². The first kappa shape index (κ1) is 19.4. The zero-order valence-corrected chi connectivity index (χ0v) is 15.3. The number of unbranched alkanes of at least 4 members (excludes halogenated alkanes) is 2. The molecule has 0 saturated carbocycles. The van der Waals surface area contributed by atoms with Crippen molar-refractivity contribution in [3.8, 4) is 0 Å². The Bertz CT molecular complexity index is 738. The van der Waals surface area contributed by atoms with Gasteiger partial charge in [0, 0.05) is 18.7 Å². The van der Waals surface area contributed by atoms with E-state index in [1.807, 2.05) is 30.3 Å². The monoisotopic (exact) mass is 355 g/mol. The van der Waals surface area contributed by atoms with Crippen LogP contribution in [0.2, 0.25) is 0 Å². The minimum absolute atomic E-state index is 0.0203. The largest absolute Gasteiger partial charge is 0.360 e. The highest BCUT2D eigenvalue weighted by Gasteiger charge is 2.16. The van der Waals surface area contributed by atoms with Crippen molar-refractivity contribution < 1.29 is 14.1 Å². The molecule has 2 rings (SSSR count). The molecule has 26 heavy (non-hydrogen) atoms. The zero-order chi connectivity index (χ0) is 18.8. The van der Waals surface area contributed by atoms with Crippen LogP contribution in [-0.2, 0) is 9.59 Å². The third-order valence-electron chi connectivity index (χ3n) is 3.79. The molecule has 0 saturated heterocycles. The summed E-state index contributed by atoms with van der Waals surface area (Å²) < 4.78 is 4.93. The Morgan fingerprint density at radius 3 is 2.65 bits per heavy atom. The minimum Gasteiger partial charge on any atom is -0.360 e. The molecule has 2 aromatic rings. The van der Waals surface area contributed by atoms with E-state index in [2.05, 4.69) is 17.4 Å². The minimum atomic E-state index is -0.295. The van der Waals surface area contributed by atoms with Gasteiger partial charge in [0.2, 0.25) is 11.8 Å². The molecule has 6 nitrogen and oxygen atoms in total. The molecule has 6 heteroatoms. The molecular weight excluding hydrogens is 330 g/mol. The molecule has 0 unspecified atom stereocenters. The fourth-order valence-electron chi connectivity index (χ4n) is 2.44. The smallest absolute Gasteiger partial charge is 0.247 e. The van der Waals surface area contributed by atoms with Crippen LogP contribution in [0.5, 0.6) is 0 Å². The molecule has 1 aromatic carbocycles. The molecule has 0 aliphatic heterocycles. The van der Waals surface area contributed by atoms with Crippen LogP contribution in [0.25, 0.3) is 6.08 Å². The maximum Gasteiger partial charge on any atom is 0.247 e. The molecule has 0 spiro atoms. The summed E-state index contributed by atoms with van der Waals surface area (Å²) in [4.78, 5) is 26.3. The number of aromatic nitrogens is 1. The summed E-state index contributed by atoms with van der Waals surface area (Å²) in [5.74, 6) is 0.489. The lowest BCUT2D eigenvalue weighted by Gasteiger charge is -2.20. The van der Waals surface area contributed by atoms with Gasteiger partial charge in [-0.15, -0.1) is 0 Å². The Labute approximate surface area is 153 Å². The van der Waals surface area contributed by atoms with E-state index in [-0.39, 0.29) is 18.4 Å². The van der Waals surface area contributed by atoms with Crippen molar-refractivity contribution in [3.05, 3.63) is 53.8 Å². The number of hydrogen-bond acceptors (Lipinski definition) is 4. The average molecular weight is 355 g/mol. The highest BCUT2D eigenvalue weighted by molar-refractivity contribution is 5.97. The normalized spacial score (nSPS) is 10.8. The highest BCUT2D eigenvalue weighted by atomic mass is 16.5. The lowest BCUT2D eigenvalue weighted by molar-refractivity contribution is -0.130. The summed E-state index contributed by atoms with van der Waals surface area (Å²) in [6.45, 7) is 4.36. The molecule has 138 valence electrons. The van der Waals surface area contributed by atoms with Gasteiger partial charge in [0.05, 0.1) is 0 Å². The lowest BCUT2D eigenvalue weighted by Crippen LogP contribution is -2.37. The van der Waals surface area contributed by atoms with Crippen molar-refractivity contribution in [2.24, 2.45) is 0 Å². The van der Waals surface area contributed by atoms with Gasteiger partial charge in [-0.2, -0.15) is 0 Å². The van der Waals surface area contributed by atoms with Gasteiger partial charge in [0.25, 0.3) is 0 Å². The summed E-state index contributed by atoms with van der Waals surface area (Å²) in [6.07, 6.45) is 6.18. The van der Waals surface area contributed by atoms with E-state index < -0.39 is 0 Å². The van der Waals surface area contributed by atoms with E-state index >= 15 is 0 Å². The molecule has 1 heterocycles. The van der Waals surface area contributed by atoms with Crippen LogP contribution in [-0.4, -0.2) is 35.0 Å². The van der Waals surface area contributed by atoms with Crippen LogP contribution in [0, 0.1) is 6.92 Å². The first-order valence-electron chi connectivity index (χ1n) is 8.83. The number of rotatable bonds is 9. The third kappa shape index (κ3) is 6.55. The second kappa shape index (κ2) is 10.2. The number of carbonyl (C=O) groups is 2. The van der Waals surface area contributed by atoms with Crippen molar-refractivity contribution in [2.45, 2.75) is 33.1 Å². The fraction of sp³-hybridized carbons (Fsp3) is 0.350. The number of carbonyl (C=O) groups excluding carboxylic acids is 2. The van der Waals surface area contributed by atoms with Gasteiger partial charge in [-0.25, -0.2) is 0 Å². The number of hydrogen-bond donors (Lipinski definition) is 1. The SMILES string of the molecule is CCCCCN(CC(=O)Nc1cc(C)on1)C(=O)/C=C/c1ccccc1. The van der Waals surface area contributed by atoms with Gasteiger partial charge in [-0.05, 0) is 25.0 Å². The van der Waals surface area contributed by atoms with Crippen LogP contribution >= 0.6 is 0 Å². The zero-order valence-electron chi connectivity index (χ0n) is 15.3. The van der Waals surface area contributed by atoms with E-state index in [9.17, 15) is 9.59 Å². The molecule has 0 aliphatic carbocycles. The van der Waals surface area contributed by atoms with Crippen molar-refractivity contribution in [2.75, 3.05) is 18.4 Å². The van der Waals surface area contributed by atoms with Gasteiger partial charge in [-0.3, -0.25) is 9.59 Å². The summed E-state index contributed by atoms with van der Waals surface area (Å²) >= 11 is 0. The molecule has 0 atom stereocenters. The third-order valence-corrected chi connectivity index (χ3v) is 3.79. The van der Waals surface area contributed by atoms with Crippen LogP contribution in [0.4, 0.5) is 5.82 Å². The molecule has 0 aliphatic rings. The van der Waals surface area contributed by atoms with Gasteiger partial charge >= 0.3 is 0 Å². The maximum absolute atomic E-state index is 12.5. The summed E-state index contributed by atoms with van der Waals surface area (Å²) in [6, 6.07) is 11.2. The Kier molecular flexibility index (Phi) is 7.61. The van der Waals surface area contributed by atoms with E-state index in [4.69, 9.17) is 4.52 Å². The predicted octanol–water partition coefficient (Wildman–Crippen LogP) is 3.65. The number of nitrogens with zero attached hydrogens (tertiary/aromatic N) is 2. The van der Waals surface area contributed by atoms with Gasteiger partial charge in [-0.1, -0.05) is 55.3 Å². The second-order valence-electron chi connectivity index (χ2n) is 6.08. The van der Waals surface area contributed by atoms with Gasteiger partial charge in [0.1, 0.15) is 12.3 Å². The number of benzene rings is 1. The Hall–Kier alpha value is -2.89. The molecule has 0 radical (unpaired) electrons. The quantitative estimate of drug-likeness (QED) is 0.550. The Morgan fingerprint density at radius 1 is 1.23 bits per heavy atom. The molecular formula is C20H25N3O3. The van der Waals surface area contributed by atoms with Gasteiger partial charge in [0.15, 0.2) is 5.82 Å². The number of amides is 2. The predicted molar refractivity (Wildman–Crippen MR) is 101 cm³/mol.